The average Bonchev–Trinajstić information content (AvgIpc) is 2.56. The van der Waals surface area contributed by atoms with Crippen molar-refractivity contribution in [2.75, 3.05) is 59.2 Å². The van der Waals surface area contributed by atoms with Gasteiger partial charge in [-0.1, -0.05) is 0 Å². The van der Waals surface area contributed by atoms with Gasteiger partial charge in [0.15, 0.2) is 0 Å². The summed E-state index contributed by atoms with van der Waals surface area (Å²) in [6.07, 6.45) is 0. The van der Waals surface area contributed by atoms with E-state index in [0.29, 0.717) is 19.6 Å². The zero-order valence-electron chi connectivity index (χ0n) is 13.8. The summed E-state index contributed by atoms with van der Waals surface area (Å²) in [5.74, 6) is -1.02. The first kappa shape index (κ1) is 21.2. The van der Waals surface area contributed by atoms with Crippen LogP contribution in [0.4, 0.5) is 0 Å². The topological polar surface area (TPSA) is 158 Å². The number of hydrogen-bond acceptors (Lipinski definition) is 9. The minimum Gasteiger partial charge on any atom is -0.480 e. The Hall–Kier alpha value is -0.850. The third-order valence-corrected chi connectivity index (χ3v) is 4.13. The standard InChI is InChI=1S/C14H30N4O6/c19-6-10-2-16-12(8-21)4-18(5-14(23)24)13(9-22)3-17-11(7-20)1-15-10/h10-13,15-17,19-22H,1-9H2,(H,23,24)/t10-,11-,12-,13-/m1/s1. The van der Waals surface area contributed by atoms with Crippen molar-refractivity contribution in [3.05, 3.63) is 0 Å². The van der Waals surface area contributed by atoms with Gasteiger partial charge in [0.25, 0.3) is 0 Å². The Morgan fingerprint density at radius 3 is 1.79 bits per heavy atom. The second kappa shape index (κ2) is 11.7. The molecule has 1 rings (SSSR count). The summed E-state index contributed by atoms with van der Waals surface area (Å²) in [7, 11) is 0. The fourth-order valence-electron chi connectivity index (χ4n) is 2.62. The lowest BCUT2D eigenvalue weighted by molar-refractivity contribution is -0.139. The van der Waals surface area contributed by atoms with Crippen LogP contribution in [0.15, 0.2) is 0 Å². The summed E-state index contributed by atoms with van der Waals surface area (Å²) < 4.78 is 0. The quantitative estimate of drug-likeness (QED) is 0.235. The van der Waals surface area contributed by atoms with E-state index in [4.69, 9.17) is 5.11 Å². The summed E-state index contributed by atoms with van der Waals surface area (Å²) in [5, 5.41) is 56.4. The maximum atomic E-state index is 11.1. The molecule has 10 nitrogen and oxygen atoms in total. The largest absolute Gasteiger partial charge is 0.480 e. The van der Waals surface area contributed by atoms with E-state index in [9.17, 15) is 25.2 Å². The number of hydrogen-bond donors (Lipinski definition) is 8. The van der Waals surface area contributed by atoms with E-state index >= 15 is 0 Å². The van der Waals surface area contributed by atoms with E-state index in [2.05, 4.69) is 16.0 Å². The van der Waals surface area contributed by atoms with Gasteiger partial charge in [0.05, 0.1) is 33.0 Å². The Bertz CT molecular complexity index is 362. The van der Waals surface area contributed by atoms with Crippen LogP contribution in [0.2, 0.25) is 0 Å². The molecule has 0 aliphatic carbocycles. The Kier molecular flexibility index (Phi) is 10.3. The first-order chi connectivity index (χ1) is 11.5. The number of aliphatic hydroxyl groups is 4. The van der Waals surface area contributed by atoms with Crippen LogP contribution in [0.5, 0.6) is 0 Å². The van der Waals surface area contributed by atoms with Crippen molar-refractivity contribution in [1.82, 2.24) is 20.9 Å². The number of aliphatic carboxylic acids is 1. The minimum atomic E-state index is -1.02. The molecule has 142 valence electrons. The molecule has 24 heavy (non-hydrogen) atoms. The predicted molar refractivity (Wildman–Crippen MR) is 86.7 cm³/mol. The van der Waals surface area contributed by atoms with Gasteiger partial charge in [0.2, 0.25) is 0 Å². The van der Waals surface area contributed by atoms with Crippen LogP contribution in [0.25, 0.3) is 0 Å². The molecule has 1 aliphatic heterocycles. The lowest BCUT2D eigenvalue weighted by Crippen LogP contribution is -2.58. The van der Waals surface area contributed by atoms with Gasteiger partial charge in [-0.2, -0.15) is 0 Å². The molecule has 0 amide bonds. The molecule has 1 heterocycles. The highest BCUT2D eigenvalue weighted by atomic mass is 16.4. The minimum absolute atomic E-state index is 0.110. The van der Waals surface area contributed by atoms with E-state index in [1.807, 2.05) is 0 Å². The molecule has 0 saturated carbocycles. The number of nitrogens with one attached hydrogen (secondary N) is 3. The fourth-order valence-corrected chi connectivity index (χ4v) is 2.62. The Morgan fingerprint density at radius 1 is 0.833 bits per heavy atom. The molecule has 0 bridgehead atoms. The molecule has 0 aromatic carbocycles. The maximum Gasteiger partial charge on any atom is 0.317 e. The Balaban J connectivity index is 2.88. The maximum absolute atomic E-state index is 11.1. The van der Waals surface area contributed by atoms with Gasteiger partial charge >= 0.3 is 5.97 Å². The molecule has 0 aromatic rings. The number of carboxylic acids is 1. The molecule has 0 unspecified atom stereocenters. The van der Waals surface area contributed by atoms with Crippen molar-refractivity contribution >= 4 is 5.97 Å². The molecule has 4 atom stereocenters. The predicted octanol–water partition coefficient (Wildman–Crippen LogP) is -4.40. The van der Waals surface area contributed by atoms with Gasteiger partial charge in [0.1, 0.15) is 0 Å². The third kappa shape index (κ3) is 7.36. The highest BCUT2D eigenvalue weighted by Crippen LogP contribution is 2.03. The second-order valence-electron chi connectivity index (χ2n) is 6.02. The molecule has 1 saturated heterocycles. The molecule has 0 radical (unpaired) electrons. The first-order valence-corrected chi connectivity index (χ1v) is 8.13. The summed E-state index contributed by atoms with van der Waals surface area (Å²) in [6, 6.07) is -1.38. The van der Waals surface area contributed by atoms with Gasteiger partial charge in [-0.3, -0.25) is 9.69 Å². The van der Waals surface area contributed by atoms with Gasteiger partial charge in [-0.05, 0) is 0 Å². The summed E-state index contributed by atoms with van der Waals surface area (Å²) >= 11 is 0. The van der Waals surface area contributed by atoms with Crippen molar-refractivity contribution in [2.24, 2.45) is 0 Å². The SMILES string of the molecule is O=C(O)CN1C[C@H](CO)NC[C@H](CO)NC[C@H](CO)NC[C@@H]1CO. The summed E-state index contributed by atoms with van der Waals surface area (Å²) in [5.41, 5.74) is 0. The van der Waals surface area contributed by atoms with Crippen LogP contribution in [-0.2, 0) is 4.79 Å². The number of nitrogens with zero attached hydrogens (tertiary/aromatic N) is 1. The first-order valence-electron chi connectivity index (χ1n) is 8.13. The van der Waals surface area contributed by atoms with Gasteiger partial charge in [0, 0.05) is 50.3 Å². The molecule has 0 spiro atoms. The number of aliphatic hydroxyl groups excluding tert-OH is 4. The van der Waals surface area contributed by atoms with E-state index in [-0.39, 0.29) is 57.6 Å². The van der Waals surface area contributed by atoms with Crippen LogP contribution < -0.4 is 16.0 Å². The third-order valence-electron chi connectivity index (χ3n) is 4.13. The van der Waals surface area contributed by atoms with Crippen molar-refractivity contribution in [3.8, 4) is 0 Å². The van der Waals surface area contributed by atoms with E-state index < -0.39 is 12.0 Å². The number of carboxylic acid groups (broad SMARTS) is 1. The van der Waals surface area contributed by atoms with Crippen molar-refractivity contribution in [2.45, 2.75) is 24.2 Å². The highest BCUT2D eigenvalue weighted by molar-refractivity contribution is 5.69. The second-order valence-corrected chi connectivity index (χ2v) is 6.02. The lowest BCUT2D eigenvalue weighted by atomic mass is 10.1. The molecular weight excluding hydrogens is 320 g/mol. The normalized spacial score (nSPS) is 31.2. The van der Waals surface area contributed by atoms with Gasteiger partial charge in [-0.25, -0.2) is 0 Å². The highest BCUT2D eigenvalue weighted by Gasteiger charge is 2.25. The van der Waals surface area contributed by atoms with Crippen LogP contribution in [-0.4, -0.2) is 120 Å². The average molecular weight is 350 g/mol. The fraction of sp³-hybridized carbons (Fsp3) is 0.929. The van der Waals surface area contributed by atoms with Crippen LogP contribution >= 0.6 is 0 Å². The van der Waals surface area contributed by atoms with Crippen molar-refractivity contribution in [3.63, 3.8) is 0 Å². The smallest absolute Gasteiger partial charge is 0.317 e. The molecule has 8 N–H and O–H groups in total. The van der Waals surface area contributed by atoms with Crippen molar-refractivity contribution < 1.29 is 30.3 Å². The molecule has 0 aromatic heterocycles. The number of rotatable bonds is 6. The number of carbonyl (C=O) groups is 1. The zero-order chi connectivity index (χ0) is 17.9. The van der Waals surface area contributed by atoms with Crippen molar-refractivity contribution in [1.29, 1.82) is 0 Å². The van der Waals surface area contributed by atoms with Crippen LogP contribution in [0.3, 0.4) is 0 Å². The molecule has 1 fully saturated rings. The molecule has 10 heteroatoms. The zero-order valence-corrected chi connectivity index (χ0v) is 13.8. The van der Waals surface area contributed by atoms with Crippen LogP contribution in [0, 0.1) is 0 Å². The lowest BCUT2D eigenvalue weighted by Gasteiger charge is -2.35. The molecule has 1 aliphatic rings. The van der Waals surface area contributed by atoms with E-state index in [1.54, 1.807) is 4.90 Å². The Labute approximate surface area is 141 Å². The van der Waals surface area contributed by atoms with Gasteiger partial charge in [-0.15, -0.1) is 0 Å². The summed E-state index contributed by atoms with van der Waals surface area (Å²) in [6.45, 7) is 0.361. The summed E-state index contributed by atoms with van der Waals surface area (Å²) in [4.78, 5) is 12.7. The monoisotopic (exact) mass is 350 g/mol. The van der Waals surface area contributed by atoms with E-state index in [0.717, 1.165) is 0 Å². The molecular formula is C14H30N4O6. The van der Waals surface area contributed by atoms with Gasteiger partial charge < -0.3 is 41.5 Å². The van der Waals surface area contributed by atoms with Crippen LogP contribution in [0.1, 0.15) is 0 Å². The van der Waals surface area contributed by atoms with E-state index in [1.165, 1.54) is 0 Å². The Morgan fingerprint density at radius 2 is 1.33 bits per heavy atom.